The van der Waals surface area contributed by atoms with Crippen LogP contribution in [0.2, 0.25) is 0 Å². The Morgan fingerprint density at radius 3 is 2.25 bits per heavy atom. The lowest BCUT2D eigenvalue weighted by Crippen LogP contribution is -1.78. The molecule has 0 amide bonds. The summed E-state index contributed by atoms with van der Waals surface area (Å²) in [5, 5.41) is 3.06. The highest BCUT2D eigenvalue weighted by Gasteiger charge is 2.39. The van der Waals surface area contributed by atoms with E-state index in [2.05, 4.69) is 11.4 Å². The molecule has 1 N–H and O–H groups in total. The standard InChI is InChI=1S/C3H3N/c1-2-3(1)4-2/h1-2,4H/t2-/m1/s1. The number of hydrogen-bond acceptors (Lipinski definition) is 1. The van der Waals surface area contributed by atoms with E-state index in [9.17, 15) is 0 Å². The average molecular weight is 53.1 g/mol. The van der Waals surface area contributed by atoms with E-state index >= 15 is 0 Å². The van der Waals surface area contributed by atoms with Crippen molar-refractivity contribution in [1.82, 2.24) is 5.32 Å². The average Bonchev–Trinajstić information content (AvgIpc) is 1.36. The molecular weight excluding hydrogens is 50.0 g/mol. The van der Waals surface area contributed by atoms with Gasteiger partial charge in [-0.2, -0.15) is 0 Å². The fourth-order valence-corrected chi connectivity index (χ4v) is 0.263. The summed E-state index contributed by atoms with van der Waals surface area (Å²) in [6, 6.07) is 0.792. The van der Waals surface area contributed by atoms with Crippen molar-refractivity contribution in [2.75, 3.05) is 0 Å². The molecule has 2 aliphatic rings. The van der Waals surface area contributed by atoms with Gasteiger partial charge in [0.05, 0.1) is 6.04 Å². The van der Waals surface area contributed by atoms with E-state index in [0.717, 1.165) is 6.04 Å². The van der Waals surface area contributed by atoms with Crippen LogP contribution in [0.3, 0.4) is 0 Å². The molecule has 0 saturated carbocycles. The molecule has 1 heteroatoms. The summed E-state index contributed by atoms with van der Waals surface area (Å²) in [5.74, 6) is 0. The Labute approximate surface area is 24.3 Å². The summed E-state index contributed by atoms with van der Waals surface area (Å²) in [6.07, 6.45) is 2.19. The van der Waals surface area contributed by atoms with Crippen molar-refractivity contribution in [2.24, 2.45) is 0 Å². The first-order valence-electron chi connectivity index (χ1n) is 1.45. The van der Waals surface area contributed by atoms with Gasteiger partial charge in [-0.15, -0.1) is 0 Å². The molecule has 1 atom stereocenters. The van der Waals surface area contributed by atoms with Gasteiger partial charge in [-0.3, -0.25) is 0 Å². The molecule has 1 heterocycles. The lowest BCUT2D eigenvalue weighted by atomic mass is 10.8. The summed E-state index contributed by atoms with van der Waals surface area (Å²) in [7, 11) is 0. The van der Waals surface area contributed by atoms with Crippen LogP contribution in [0.1, 0.15) is 0 Å². The van der Waals surface area contributed by atoms with Gasteiger partial charge in [0.2, 0.25) is 0 Å². The highest BCUT2D eigenvalue weighted by molar-refractivity contribution is 5.49. The maximum Gasteiger partial charge on any atom is 0.0860 e. The predicted molar refractivity (Wildman–Crippen MR) is 15.0 cm³/mol. The zero-order valence-corrected chi connectivity index (χ0v) is 2.15. The van der Waals surface area contributed by atoms with E-state index in [-0.39, 0.29) is 0 Å². The summed E-state index contributed by atoms with van der Waals surface area (Å²) in [4.78, 5) is 0. The molecule has 4 heavy (non-hydrogen) atoms. The predicted octanol–water partition coefficient (Wildman–Crippen LogP) is -0.144. The van der Waals surface area contributed by atoms with Crippen molar-refractivity contribution in [3.63, 3.8) is 0 Å². The largest absolute Gasteiger partial charge is 0.375 e. The Kier molecular flexibility index (Phi) is 0.0294. The minimum absolute atomic E-state index is 0.792. The van der Waals surface area contributed by atoms with Crippen molar-refractivity contribution in [2.45, 2.75) is 6.04 Å². The first-order valence-corrected chi connectivity index (χ1v) is 1.45. The summed E-state index contributed by atoms with van der Waals surface area (Å²) < 4.78 is 0. The molecule has 2 rings (SSSR count). The molecule has 0 spiro atoms. The smallest absolute Gasteiger partial charge is 0.0860 e. The fourth-order valence-electron chi connectivity index (χ4n) is 0.263. The molecule has 0 bridgehead atoms. The van der Waals surface area contributed by atoms with Crippen LogP contribution in [0.15, 0.2) is 11.8 Å². The second kappa shape index (κ2) is 0.106. The zero-order chi connectivity index (χ0) is 2.57. The van der Waals surface area contributed by atoms with Gasteiger partial charge in [0.15, 0.2) is 0 Å². The highest BCUT2D eigenvalue weighted by Crippen LogP contribution is 2.31. The van der Waals surface area contributed by atoms with Gasteiger partial charge in [-0.05, 0) is 6.08 Å². The fraction of sp³-hybridized carbons (Fsp3) is 0.333. The van der Waals surface area contributed by atoms with Gasteiger partial charge in [-0.25, -0.2) is 0 Å². The molecule has 1 aliphatic heterocycles. The van der Waals surface area contributed by atoms with Gasteiger partial charge in [0.25, 0.3) is 0 Å². The minimum Gasteiger partial charge on any atom is -0.375 e. The third-order valence-electron chi connectivity index (χ3n) is 0.811. The SMILES string of the molecule is C1=C2N[C@H]12. The summed E-state index contributed by atoms with van der Waals surface area (Å²) >= 11 is 0. The van der Waals surface area contributed by atoms with Gasteiger partial charge in [0, 0.05) is 5.70 Å². The lowest BCUT2D eigenvalue weighted by molar-refractivity contribution is 1.19. The van der Waals surface area contributed by atoms with Crippen LogP contribution in [0, 0.1) is 0 Å². The van der Waals surface area contributed by atoms with Crippen molar-refractivity contribution in [1.29, 1.82) is 0 Å². The van der Waals surface area contributed by atoms with Crippen LogP contribution >= 0.6 is 0 Å². The molecule has 0 aromatic rings. The molecule has 1 aliphatic carbocycles. The normalized spacial score (nSPS) is 44.0. The van der Waals surface area contributed by atoms with Crippen LogP contribution in [0.5, 0.6) is 0 Å². The van der Waals surface area contributed by atoms with Crippen LogP contribution < -0.4 is 5.32 Å². The van der Waals surface area contributed by atoms with Crippen LogP contribution in [0.4, 0.5) is 0 Å². The number of hydrogen-bond donors (Lipinski definition) is 1. The highest BCUT2D eigenvalue weighted by atomic mass is 15.2. The minimum atomic E-state index is 0.792. The molecule has 0 aromatic carbocycles. The Bertz CT molecular complexity index is 83.3. The Hall–Kier alpha value is -0.460. The third-order valence-corrected chi connectivity index (χ3v) is 0.811. The van der Waals surface area contributed by atoms with Crippen LogP contribution in [-0.4, -0.2) is 6.04 Å². The van der Waals surface area contributed by atoms with Crippen molar-refractivity contribution < 1.29 is 0 Å². The van der Waals surface area contributed by atoms with Gasteiger partial charge < -0.3 is 5.32 Å². The lowest BCUT2D eigenvalue weighted by Gasteiger charge is -1.58. The number of nitrogens with one attached hydrogen (secondary N) is 1. The van der Waals surface area contributed by atoms with Crippen LogP contribution in [-0.2, 0) is 0 Å². The topological polar surface area (TPSA) is 21.9 Å². The Balaban J connectivity index is 2.85. The van der Waals surface area contributed by atoms with E-state index in [4.69, 9.17) is 0 Å². The van der Waals surface area contributed by atoms with E-state index in [1.807, 2.05) is 0 Å². The molecule has 0 unspecified atom stereocenters. The maximum absolute atomic E-state index is 3.06. The number of fused-ring (bicyclic) bond motifs is 1. The second-order valence-corrected chi connectivity index (χ2v) is 1.24. The van der Waals surface area contributed by atoms with E-state index in [1.165, 1.54) is 5.70 Å². The summed E-state index contributed by atoms with van der Waals surface area (Å²) in [6.45, 7) is 0. The molecular formula is C3H3N. The van der Waals surface area contributed by atoms with Gasteiger partial charge in [-0.1, -0.05) is 0 Å². The monoisotopic (exact) mass is 53.0 g/mol. The van der Waals surface area contributed by atoms with E-state index in [1.54, 1.807) is 0 Å². The molecule has 20 valence electrons. The van der Waals surface area contributed by atoms with Crippen molar-refractivity contribution in [3.8, 4) is 0 Å². The van der Waals surface area contributed by atoms with E-state index in [0.29, 0.717) is 0 Å². The first kappa shape index (κ1) is 1.11. The molecule has 0 aromatic heterocycles. The van der Waals surface area contributed by atoms with E-state index < -0.39 is 0 Å². The maximum atomic E-state index is 3.06. The van der Waals surface area contributed by atoms with Crippen LogP contribution in [0.25, 0.3) is 0 Å². The Morgan fingerprint density at radius 1 is 2.00 bits per heavy atom. The van der Waals surface area contributed by atoms with Crippen molar-refractivity contribution in [3.05, 3.63) is 11.8 Å². The zero-order valence-electron chi connectivity index (χ0n) is 2.15. The van der Waals surface area contributed by atoms with Gasteiger partial charge in [0.1, 0.15) is 0 Å². The quantitative estimate of drug-likeness (QED) is 0.381. The molecule has 1 nitrogen and oxygen atoms in total. The third kappa shape index (κ3) is 0.00790. The van der Waals surface area contributed by atoms with Crippen molar-refractivity contribution >= 4 is 0 Å². The number of rotatable bonds is 0. The van der Waals surface area contributed by atoms with Gasteiger partial charge >= 0.3 is 0 Å². The molecule has 1 saturated heterocycles. The Morgan fingerprint density at radius 2 is 2.25 bits per heavy atom. The molecule has 0 radical (unpaired) electrons. The second-order valence-electron chi connectivity index (χ2n) is 1.24. The first-order chi connectivity index (χ1) is 1.97. The molecule has 1 fully saturated rings. The summed E-state index contributed by atoms with van der Waals surface area (Å²) in [5.41, 5.74) is 1.46.